The number of benzene rings is 1. The number of rotatable bonds is 3. The van der Waals surface area contributed by atoms with E-state index in [4.69, 9.17) is 5.73 Å². The number of carbonyl (C=O) groups excluding carboxylic acids is 1. The third-order valence-electron chi connectivity index (χ3n) is 4.59. The molecule has 1 atom stereocenters. The first-order valence-electron chi connectivity index (χ1n) is 7.63. The Morgan fingerprint density at radius 3 is 2.78 bits per heavy atom. The fourth-order valence-electron chi connectivity index (χ4n) is 2.98. The summed E-state index contributed by atoms with van der Waals surface area (Å²) in [5, 5.41) is 0.396. The summed E-state index contributed by atoms with van der Waals surface area (Å²) in [6.45, 7) is 3.46. The minimum atomic E-state index is -0.567. The van der Waals surface area contributed by atoms with Crippen LogP contribution in [0.4, 0.5) is 0 Å². The van der Waals surface area contributed by atoms with Crippen molar-refractivity contribution in [3.63, 3.8) is 0 Å². The van der Waals surface area contributed by atoms with Gasteiger partial charge < -0.3 is 15.6 Å². The molecule has 1 aliphatic heterocycles. The molecule has 0 radical (unpaired) electrons. The maximum Gasteiger partial charge on any atom is 0.329 e. The van der Waals surface area contributed by atoms with E-state index in [0.717, 1.165) is 11.0 Å². The van der Waals surface area contributed by atoms with E-state index >= 15 is 0 Å². The average Bonchev–Trinajstić information content (AvgIpc) is 2.94. The molecule has 1 amide bonds. The summed E-state index contributed by atoms with van der Waals surface area (Å²) in [5.74, 6) is -0.231. The summed E-state index contributed by atoms with van der Waals surface area (Å²) < 4.78 is 0.961. The zero-order valence-electron chi connectivity index (χ0n) is 13.0. The predicted octanol–water partition coefficient (Wildman–Crippen LogP) is -0.113. The van der Waals surface area contributed by atoms with Crippen molar-refractivity contribution >= 4 is 16.8 Å². The molecule has 1 unspecified atom stereocenters. The molecule has 3 rings (SSSR count). The number of nitrogens with one attached hydrogen (secondary N) is 1. The normalized spacial score (nSPS) is 21.0. The van der Waals surface area contributed by atoms with Crippen LogP contribution in [0.1, 0.15) is 13.3 Å². The summed E-state index contributed by atoms with van der Waals surface area (Å²) in [5.41, 5.74) is 5.12. The third kappa shape index (κ3) is 2.79. The van der Waals surface area contributed by atoms with E-state index in [-0.39, 0.29) is 17.9 Å². The molecule has 23 heavy (non-hydrogen) atoms. The van der Waals surface area contributed by atoms with Crippen LogP contribution in [0.2, 0.25) is 0 Å². The van der Waals surface area contributed by atoms with Crippen LogP contribution in [0.25, 0.3) is 10.9 Å². The van der Waals surface area contributed by atoms with Gasteiger partial charge in [-0.25, -0.2) is 4.79 Å². The smallest absolute Gasteiger partial charge is 0.329 e. The van der Waals surface area contributed by atoms with Crippen LogP contribution in [0, 0.1) is 5.41 Å². The first kappa shape index (κ1) is 15.5. The zero-order chi connectivity index (χ0) is 16.6. The predicted molar refractivity (Wildman–Crippen MR) is 87.2 cm³/mol. The molecule has 1 aromatic heterocycles. The summed E-state index contributed by atoms with van der Waals surface area (Å²) in [4.78, 5) is 41.3. The Hall–Kier alpha value is -2.41. The molecule has 7 heteroatoms. The number of aromatic amines is 1. The summed E-state index contributed by atoms with van der Waals surface area (Å²) >= 11 is 0. The second-order valence-corrected chi connectivity index (χ2v) is 6.45. The van der Waals surface area contributed by atoms with Gasteiger partial charge in [-0.15, -0.1) is 0 Å². The Labute approximate surface area is 132 Å². The fraction of sp³-hybridized carbons (Fsp3) is 0.438. The van der Waals surface area contributed by atoms with Gasteiger partial charge in [0, 0.05) is 13.1 Å². The molecule has 3 N–H and O–H groups in total. The van der Waals surface area contributed by atoms with E-state index in [1.54, 1.807) is 29.2 Å². The van der Waals surface area contributed by atoms with E-state index in [0.29, 0.717) is 30.5 Å². The number of H-pyrrole nitrogens is 1. The lowest BCUT2D eigenvalue weighted by atomic mass is 9.90. The maximum absolute atomic E-state index is 12.4. The highest BCUT2D eigenvalue weighted by Crippen LogP contribution is 2.28. The molecule has 0 spiro atoms. The van der Waals surface area contributed by atoms with Crippen molar-refractivity contribution in [2.45, 2.75) is 19.9 Å². The summed E-state index contributed by atoms with van der Waals surface area (Å²) in [6.07, 6.45) is 0.832. The van der Waals surface area contributed by atoms with Gasteiger partial charge in [0.05, 0.1) is 10.9 Å². The highest BCUT2D eigenvalue weighted by atomic mass is 16.2. The second-order valence-electron chi connectivity index (χ2n) is 6.45. The van der Waals surface area contributed by atoms with Gasteiger partial charge in [0.1, 0.15) is 6.54 Å². The van der Waals surface area contributed by atoms with Crippen LogP contribution < -0.4 is 17.0 Å². The van der Waals surface area contributed by atoms with Crippen LogP contribution in [-0.2, 0) is 11.3 Å². The molecule has 1 fully saturated rings. The van der Waals surface area contributed by atoms with Crippen molar-refractivity contribution in [2.24, 2.45) is 11.1 Å². The van der Waals surface area contributed by atoms with Crippen molar-refractivity contribution in [3.8, 4) is 0 Å². The first-order chi connectivity index (χ1) is 10.9. The Morgan fingerprint density at radius 2 is 2.09 bits per heavy atom. The van der Waals surface area contributed by atoms with Crippen LogP contribution in [0.15, 0.2) is 33.9 Å². The molecular formula is C16H20N4O3. The van der Waals surface area contributed by atoms with Gasteiger partial charge >= 0.3 is 5.69 Å². The number of likely N-dealkylation sites (tertiary alicyclic amines) is 1. The third-order valence-corrected chi connectivity index (χ3v) is 4.59. The number of amides is 1. The standard InChI is InChI=1S/C16H20N4O3/c1-16(9-17)6-7-19(10-16)13(21)8-20-14(22)11-4-2-3-5-12(11)18-15(20)23/h2-5H,6-10,17H2,1H3,(H,18,23). The molecule has 0 aliphatic carbocycles. The Balaban J connectivity index is 1.89. The van der Waals surface area contributed by atoms with E-state index in [1.807, 2.05) is 6.92 Å². The monoisotopic (exact) mass is 316 g/mol. The maximum atomic E-state index is 12.4. The number of carbonyl (C=O) groups is 1. The van der Waals surface area contributed by atoms with Gasteiger partial charge in [0.25, 0.3) is 5.56 Å². The van der Waals surface area contributed by atoms with Gasteiger partial charge in [-0.2, -0.15) is 0 Å². The molecule has 1 aromatic carbocycles. The van der Waals surface area contributed by atoms with Crippen LogP contribution in [0.5, 0.6) is 0 Å². The molecule has 0 saturated carbocycles. The lowest BCUT2D eigenvalue weighted by Crippen LogP contribution is -2.42. The summed E-state index contributed by atoms with van der Waals surface area (Å²) in [6, 6.07) is 6.76. The molecule has 2 aromatic rings. The molecule has 1 aliphatic rings. The first-order valence-corrected chi connectivity index (χ1v) is 7.63. The van der Waals surface area contributed by atoms with Gasteiger partial charge in [0.2, 0.25) is 5.91 Å². The SMILES string of the molecule is CC1(CN)CCN(C(=O)Cn2c(=O)[nH]c3ccccc3c2=O)C1. The van der Waals surface area contributed by atoms with Crippen LogP contribution in [-0.4, -0.2) is 40.0 Å². The van der Waals surface area contributed by atoms with Crippen LogP contribution in [0.3, 0.4) is 0 Å². The average molecular weight is 316 g/mol. The molecule has 122 valence electrons. The topological polar surface area (TPSA) is 101 Å². The van der Waals surface area contributed by atoms with E-state index in [9.17, 15) is 14.4 Å². The highest BCUT2D eigenvalue weighted by molar-refractivity contribution is 5.79. The largest absolute Gasteiger partial charge is 0.341 e. The number of hydrogen-bond donors (Lipinski definition) is 2. The van der Waals surface area contributed by atoms with E-state index < -0.39 is 11.2 Å². The minimum Gasteiger partial charge on any atom is -0.341 e. The van der Waals surface area contributed by atoms with Crippen LogP contribution >= 0.6 is 0 Å². The van der Waals surface area contributed by atoms with Gasteiger partial charge in [-0.1, -0.05) is 19.1 Å². The minimum absolute atomic E-state index is 0.0869. The molecule has 0 bridgehead atoms. The number of nitrogens with zero attached hydrogens (tertiary/aromatic N) is 2. The fourth-order valence-corrected chi connectivity index (χ4v) is 2.98. The lowest BCUT2D eigenvalue weighted by molar-refractivity contribution is -0.131. The number of nitrogens with two attached hydrogens (primary N) is 1. The van der Waals surface area contributed by atoms with Crippen molar-refractivity contribution in [1.29, 1.82) is 0 Å². The summed E-state index contributed by atoms with van der Waals surface area (Å²) in [7, 11) is 0. The van der Waals surface area contributed by atoms with E-state index in [1.165, 1.54) is 0 Å². The number of fused-ring (bicyclic) bond motifs is 1. The molecule has 2 heterocycles. The molecule has 1 saturated heterocycles. The second kappa shape index (κ2) is 5.66. The van der Waals surface area contributed by atoms with Gasteiger partial charge in [-0.3, -0.25) is 14.2 Å². The Morgan fingerprint density at radius 1 is 1.35 bits per heavy atom. The van der Waals surface area contributed by atoms with Gasteiger partial charge in [-0.05, 0) is 30.5 Å². The highest BCUT2D eigenvalue weighted by Gasteiger charge is 2.35. The Kier molecular flexibility index (Phi) is 3.81. The van der Waals surface area contributed by atoms with Crippen molar-refractivity contribution in [1.82, 2.24) is 14.5 Å². The van der Waals surface area contributed by atoms with Crippen molar-refractivity contribution in [3.05, 3.63) is 45.1 Å². The van der Waals surface area contributed by atoms with Gasteiger partial charge in [0.15, 0.2) is 0 Å². The molecule has 7 nitrogen and oxygen atoms in total. The Bertz CT molecular complexity index is 869. The quantitative estimate of drug-likeness (QED) is 0.825. The van der Waals surface area contributed by atoms with Crippen molar-refractivity contribution < 1.29 is 4.79 Å². The zero-order valence-corrected chi connectivity index (χ0v) is 13.0. The van der Waals surface area contributed by atoms with E-state index in [2.05, 4.69) is 4.98 Å². The number of aromatic nitrogens is 2. The van der Waals surface area contributed by atoms with Crippen molar-refractivity contribution in [2.75, 3.05) is 19.6 Å². The molecular weight excluding hydrogens is 296 g/mol. The number of hydrogen-bond acceptors (Lipinski definition) is 4. The number of para-hydroxylation sites is 1. The lowest BCUT2D eigenvalue weighted by Gasteiger charge is -2.22.